The second-order valence-electron chi connectivity index (χ2n) is 5.47. The number of fused-ring (bicyclic) bond motifs is 2. The Labute approximate surface area is 142 Å². The van der Waals surface area contributed by atoms with Crippen LogP contribution in [0.4, 0.5) is 0 Å². The lowest BCUT2D eigenvalue weighted by Crippen LogP contribution is -2.23. The summed E-state index contributed by atoms with van der Waals surface area (Å²) < 4.78 is 10.6. The fourth-order valence-electron chi connectivity index (χ4n) is 3.06. The van der Waals surface area contributed by atoms with Crippen molar-refractivity contribution in [1.82, 2.24) is 0 Å². The van der Waals surface area contributed by atoms with Gasteiger partial charge in [-0.1, -0.05) is 12.1 Å². The highest BCUT2D eigenvalue weighted by Gasteiger charge is 2.36. The van der Waals surface area contributed by atoms with Gasteiger partial charge in [0.1, 0.15) is 11.5 Å². The third-order valence-corrected chi connectivity index (χ3v) is 4.19. The van der Waals surface area contributed by atoms with Gasteiger partial charge in [0.25, 0.3) is 0 Å². The molecule has 0 saturated heterocycles. The summed E-state index contributed by atoms with van der Waals surface area (Å²) in [6.45, 7) is 0. The molecule has 0 spiro atoms. The molecule has 0 atom stereocenters. The van der Waals surface area contributed by atoms with E-state index in [2.05, 4.69) is 20.7 Å². The zero-order chi connectivity index (χ0) is 17.6. The number of hydrogen-bond donors (Lipinski definition) is 0. The summed E-state index contributed by atoms with van der Waals surface area (Å²) in [5, 5.41) is 14.7. The van der Waals surface area contributed by atoms with Gasteiger partial charge in [0.05, 0.1) is 25.3 Å². The average Bonchev–Trinajstić information content (AvgIpc) is 3.19. The molecule has 8 heteroatoms. The lowest BCUT2D eigenvalue weighted by Gasteiger charge is -2.22. The quantitative estimate of drug-likeness (QED) is 0.732. The number of ketones is 2. The van der Waals surface area contributed by atoms with Crippen molar-refractivity contribution in [1.29, 1.82) is 0 Å². The molecule has 0 radical (unpaired) electrons. The van der Waals surface area contributed by atoms with Gasteiger partial charge in [-0.25, -0.2) is 0 Å². The van der Waals surface area contributed by atoms with Crippen LogP contribution in [0.25, 0.3) is 0 Å². The van der Waals surface area contributed by atoms with Gasteiger partial charge in [-0.2, -0.15) is 0 Å². The normalized spacial score (nSPS) is 15.3. The van der Waals surface area contributed by atoms with Crippen molar-refractivity contribution in [3.8, 4) is 11.5 Å². The Morgan fingerprint density at radius 2 is 1.52 bits per heavy atom. The van der Waals surface area contributed by atoms with Crippen molar-refractivity contribution < 1.29 is 19.1 Å². The number of ether oxygens (including phenoxy) is 2. The van der Waals surface area contributed by atoms with E-state index in [1.54, 1.807) is 30.3 Å². The molecule has 1 heterocycles. The minimum Gasteiger partial charge on any atom is -0.496 e. The van der Waals surface area contributed by atoms with Crippen LogP contribution in [-0.2, 0) is 0 Å². The second kappa shape index (κ2) is 5.59. The molecule has 25 heavy (non-hydrogen) atoms. The zero-order valence-electron chi connectivity index (χ0n) is 13.4. The standard InChI is InChI=1S/C17H12N4O4/c1-24-11-5-3-4-9-13(11)16(23)14-10(15(9)22)6-8(7-12(14)25-2)17-18-20-21-19-17/h3-7,17H,1-2H3. The van der Waals surface area contributed by atoms with E-state index in [4.69, 9.17) is 9.47 Å². The largest absolute Gasteiger partial charge is 0.496 e. The fraction of sp³-hybridized carbons (Fsp3) is 0.176. The van der Waals surface area contributed by atoms with Crippen molar-refractivity contribution in [2.24, 2.45) is 20.7 Å². The minimum absolute atomic E-state index is 0.208. The SMILES string of the molecule is COc1cccc2c1C(=O)c1c(OC)cc(C3N=NN=N3)cc1C2=O. The maximum absolute atomic E-state index is 13.0. The monoisotopic (exact) mass is 336 g/mol. The fourth-order valence-corrected chi connectivity index (χ4v) is 3.06. The van der Waals surface area contributed by atoms with Crippen LogP contribution in [0.2, 0.25) is 0 Å². The number of hydrogen-bond acceptors (Lipinski definition) is 8. The molecule has 0 aromatic heterocycles. The van der Waals surface area contributed by atoms with Gasteiger partial charge in [0.2, 0.25) is 11.9 Å². The highest BCUT2D eigenvalue weighted by molar-refractivity contribution is 6.30. The first-order valence-corrected chi connectivity index (χ1v) is 7.44. The van der Waals surface area contributed by atoms with E-state index in [9.17, 15) is 9.59 Å². The number of methoxy groups -OCH3 is 2. The van der Waals surface area contributed by atoms with E-state index in [1.165, 1.54) is 14.2 Å². The topological polar surface area (TPSA) is 102 Å². The summed E-state index contributed by atoms with van der Waals surface area (Å²) in [7, 11) is 2.89. The number of rotatable bonds is 3. The molecule has 8 nitrogen and oxygen atoms in total. The maximum Gasteiger partial charge on any atom is 0.210 e. The average molecular weight is 336 g/mol. The zero-order valence-corrected chi connectivity index (χ0v) is 13.4. The first kappa shape index (κ1) is 15.1. The van der Waals surface area contributed by atoms with Crippen LogP contribution < -0.4 is 9.47 Å². The van der Waals surface area contributed by atoms with Crippen LogP contribution in [0.3, 0.4) is 0 Å². The summed E-state index contributed by atoms with van der Waals surface area (Å²) in [6.07, 6.45) is -0.645. The highest BCUT2D eigenvalue weighted by atomic mass is 16.5. The van der Waals surface area contributed by atoms with Gasteiger partial charge in [-0.3, -0.25) is 9.59 Å². The highest BCUT2D eigenvalue weighted by Crippen LogP contribution is 2.39. The summed E-state index contributed by atoms with van der Waals surface area (Å²) in [4.78, 5) is 26.0. The second-order valence-corrected chi connectivity index (χ2v) is 5.47. The molecule has 1 aliphatic carbocycles. The Bertz CT molecular complexity index is 969. The van der Waals surface area contributed by atoms with Crippen molar-refractivity contribution in [2.75, 3.05) is 14.2 Å². The van der Waals surface area contributed by atoms with E-state index in [-0.39, 0.29) is 34.0 Å². The molecule has 1 aliphatic heterocycles. The molecule has 0 N–H and O–H groups in total. The Hall–Kier alpha value is -3.42. The van der Waals surface area contributed by atoms with Crippen LogP contribution in [0.1, 0.15) is 43.6 Å². The van der Waals surface area contributed by atoms with Crippen molar-refractivity contribution in [3.05, 3.63) is 58.1 Å². The molecular formula is C17H12N4O4. The van der Waals surface area contributed by atoms with Crippen LogP contribution in [0.15, 0.2) is 51.0 Å². The molecule has 0 saturated carbocycles. The Morgan fingerprint density at radius 1 is 0.840 bits per heavy atom. The van der Waals surface area contributed by atoms with Crippen molar-refractivity contribution >= 4 is 11.6 Å². The predicted octanol–water partition coefficient (Wildman–Crippen LogP) is 3.31. The van der Waals surface area contributed by atoms with Gasteiger partial charge in [-0.15, -0.1) is 10.2 Å². The molecule has 2 aromatic rings. The summed E-state index contributed by atoms with van der Waals surface area (Å²) >= 11 is 0. The van der Waals surface area contributed by atoms with Gasteiger partial charge >= 0.3 is 0 Å². The summed E-state index contributed by atoms with van der Waals surface area (Å²) in [6, 6.07) is 8.14. The molecule has 0 fully saturated rings. The molecule has 2 aromatic carbocycles. The maximum atomic E-state index is 13.0. The van der Waals surface area contributed by atoms with Crippen molar-refractivity contribution in [3.63, 3.8) is 0 Å². The molecule has 0 bridgehead atoms. The van der Waals surface area contributed by atoms with E-state index >= 15 is 0 Å². The van der Waals surface area contributed by atoms with Crippen LogP contribution >= 0.6 is 0 Å². The smallest absolute Gasteiger partial charge is 0.210 e. The van der Waals surface area contributed by atoms with E-state index in [1.807, 2.05) is 0 Å². The molecule has 0 amide bonds. The third-order valence-electron chi connectivity index (χ3n) is 4.19. The summed E-state index contributed by atoms with van der Waals surface area (Å²) in [5.74, 6) is 0.0291. The lowest BCUT2D eigenvalue weighted by atomic mass is 9.82. The van der Waals surface area contributed by atoms with E-state index in [0.29, 0.717) is 16.9 Å². The van der Waals surface area contributed by atoms with Crippen molar-refractivity contribution in [2.45, 2.75) is 6.17 Å². The van der Waals surface area contributed by atoms with Gasteiger partial charge in [-0.05, 0) is 28.6 Å². The van der Waals surface area contributed by atoms with Gasteiger partial charge in [0, 0.05) is 16.7 Å². The first-order valence-electron chi connectivity index (χ1n) is 7.44. The minimum atomic E-state index is -0.645. The number of benzene rings is 2. The van der Waals surface area contributed by atoms with Gasteiger partial charge in [0.15, 0.2) is 5.78 Å². The van der Waals surface area contributed by atoms with Crippen LogP contribution in [0.5, 0.6) is 11.5 Å². The molecule has 0 unspecified atom stereocenters. The molecular weight excluding hydrogens is 324 g/mol. The molecule has 4 rings (SSSR count). The van der Waals surface area contributed by atoms with Crippen LogP contribution in [0, 0.1) is 0 Å². The van der Waals surface area contributed by atoms with E-state index in [0.717, 1.165) is 0 Å². The first-order chi connectivity index (χ1) is 12.2. The summed E-state index contributed by atoms with van der Waals surface area (Å²) in [5.41, 5.74) is 1.57. The van der Waals surface area contributed by atoms with Crippen LogP contribution in [-0.4, -0.2) is 25.8 Å². The van der Waals surface area contributed by atoms with E-state index < -0.39 is 6.17 Å². The number of carbonyl (C=O) groups is 2. The molecule has 2 aliphatic rings. The molecule has 124 valence electrons. The number of nitrogens with zero attached hydrogens (tertiary/aromatic N) is 4. The Morgan fingerprint density at radius 3 is 2.20 bits per heavy atom. The number of carbonyl (C=O) groups excluding carboxylic acids is 2. The predicted molar refractivity (Wildman–Crippen MR) is 85.3 cm³/mol. The Balaban J connectivity index is 1.97. The van der Waals surface area contributed by atoms with Gasteiger partial charge < -0.3 is 9.47 Å². The lowest BCUT2D eigenvalue weighted by molar-refractivity contribution is 0.0974. The Kier molecular flexibility index (Phi) is 3.38. The third kappa shape index (κ3) is 2.14.